The predicted octanol–water partition coefficient (Wildman–Crippen LogP) is 3.07. The number of aromatic nitrogens is 1. The van der Waals surface area contributed by atoms with E-state index < -0.39 is 10.5 Å². The molecule has 33 heavy (non-hydrogen) atoms. The first kappa shape index (κ1) is 23.3. The van der Waals surface area contributed by atoms with Gasteiger partial charge in [-0.3, -0.25) is 4.79 Å². The summed E-state index contributed by atoms with van der Waals surface area (Å²) in [5, 5.41) is 10.8. The number of nitrogens with zero attached hydrogens (tertiary/aromatic N) is 5. The lowest BCUT2D eigenvalue weighted by Crippen LogP contribution is -2.63. The third kappa shape index (κ3) is 5.20. The van der Waals surface area contributed by atoms with Crippen LogP contribution in [0.2, 0.25) is 0 Å². The van der Waals surface area contributed by atoms with Crippen molar-refractivity contribution in [3.63, 3.8) is 0 Å². The van der Waals surface area contributed by atoms with Gasteiger partial charge in [0.15, 0.2) is 6.20 Å². The van der Waals surface area contributed by atoms with Crippen molar-refractivity contribution in [2.45, 2.75) is 52.1 Å². The molecule has 1 spiro atoms. The topological polar surface area (TPSA) is 109 Å². The van der Waals surface area contributed by atoms with E-state index >= 15 is 0 Å². The van der Waals surface area contributed by atoms with E-state index in [2.05, 4.69) is 9.88 Å². The molecule has 0 unspecified atom stereocenters. The van der Waals surface area contributed by atoms with Gasteiger partial charge in [-0.15, -0.1) is 0 Å². The largest absolute Gasteiger partial charge is 0.444 e. The number of likely N-dealkylation sites (tertiary alicyclic amines) is 2. The summed E-state index contributed by atoms with van der Waals surface area (Å²) in [6.07, 6.45) is 4.63. The maximum absolute atomic E-state index is 13.0. The Labute approximate surface area is 194 Å². The predicted molar refractivity (Wildman–Crippen MR) is 122 cm³/mol. The molecule has 0 aromatic carbocycles. The molecule has 1 aromatic heterocycles. The molecular formula is C23H33N5O5. The van der Waals surface area contributed by atoms with E-state index in [9.17, 15) is 19.7 Å². The zero-order valence-corrected chi connectivity index (χ0v) is 19.7. The number of nitro groups is 1. The second kappa shape index (κ2) is 8.79. The van der Waals surface area contributed by atoms with E-state index in [0.29, 0.717) is 13.1 Å². The minimum atomic E-state index is -0.504. The molecule has 4 rings (SSSR count). The first-order valence-electron chi connectivity index (χ1n) is 11.7. The highest BCUT2D eigenvalue weighted by atomic mass is 16.6. The summed E-state index contributed by atoms with van der Waals surface area (Å²) in [7, 11) is 0. The van der Waals surface area contributed by atoms with Gasteiger partial charge in [0.05, 0.1) is 5.69 Å². The van der Waals surface area contributed by atoms with Crippen LogP contribution in [0, 0.1) is 21.4 Å². The Hall–Kier alpha value is -2.91. The number of carbonyl (C=O) groups excluding carboxylic acids is 2. The summed E-state index contributed by atoms with van der Waals surface area (Å²) in [5.74, 6) is 0.0931. The van der Waals surface area contributed by atoms with Gasteiger partial charge >= 0.3 is 11.9 Å². The van der Waals surface area contributed by atoms with Crippen molar-refractivity contribution in [3.05, 3.63) is 28.4 Å². The van der Waals surface area contributed by atoms with Crippen LogP contribution in [0.5, 0.6) is 0 Å². The van der Waals surface area contributed by atoms with E-state index in [4.69, 9.17) is 4.74 Å². The average Bonchev–Trinajstić information content (AvgIpc) is 2.76. The van der Waals surface area contributed by atoms with Crippen molar-refractivity contribution < 1.29 is 19.2 Å². The molecule has 3 saturated heterocycles. The van der Waals surface area contributed by atoms with Crippen molar-refractivity contribution in [1.29, 1.82) is 0 Å². The zero-order valence-electron chi connectivity index (χ0n) is 19.7. The number of amides is 2. The Kier molecular flexibility index (Phi) is 6.20. The van der Waals surface area contributed by atoms with Gasteiger partial charge in [-0.2, -0.15) is 0 Å². The van der Waals surface area contributed by atoms with E-state index in [-0.39, 0.29) is 29.2 Å². The second-order valence-electron chi connectivity index (χ2n) is 10.6. The molecule has 0 atom stereocenters. The molecule has 0 N–H and O–H groups in total. The summed E-state index contributed by atoms with van der Waals surface area (Å²) < 4.78 is 5.48. The fourth-order valence-corrected chi connectivity index (χ4v) is 5.04. The molecule has 10 nitrogen and oxygen atoms in total. The molecule has 0 aliphatic carbocycles. The lowest BCUT2D eigenvalue weighted by atomic mass is 9.71. The van der Waals surface area contributed by atoms with Crippen LogP contribution in [0.1, 0.15) is 46.5 Å². The maximum Gasteiger partial charge on any atom is 0.410 e. The van der Waals surface area contributed by atoms with Gasteiger partial charge in [0.25, 0.3) is 0 Å². The van der Waals surface area contributed by atoms with Gasteiger partial charge in [-0.1, -0.05) is 0 Å². The molecule has 0 bridgehead atoms. The van der Waals surface area contributed by atoms with Gasteiger partial charge in [-0.05, 0) is 62.4 Å². The Morgan fingerprint density at radius 2 is 1.73 bits per heavy atom. The molecular weight excluding hydrogens is 426 g/mol. The van der Waals surface area contributed by atoms with Crippen LogP contribution in [-0.4, -0.2) is 76.6 Å². The summed E-state index contributed by atoms with van der Waals surface area (Å²) in [6.45, 7) is 10.0. The first-order valence-corrected chi connectivity index (χ1v) is 11.7. The SMILES string of the molecule is CC(C)(C)OC(=O)N1CCC2(CC1)CN(C(=O)C1CCN(c3ccc([N+](=O)[O-])nc3)CC1)C2. The van der Waals surface area contributed by atoms with E-state index in [1.165, 1.54) is 12.3 Å². The van der Waals surface area contributed by atoms with Crippen molar-refractivity contribution >= 4 is 23.5 Å². The maximum atomic E-state index is 13.0. The third-order valence-corrected chi connectivity index (χ3v) is 6.97. The number of anilines is 1. The van der Waals surface area contributed by atoms with E-state index in [1.54, 1.807) is 11.0 Å². The summed E-state index contributed by atoms with van der Waals surface area (Å²) in [4.78, 5) is 45.4. The summed E-state index contributed by atoms with van der Waals surface area (Å²) >= 11 is 0. The highest BCUT2D eigenvalue weighted by Crippen LogP contribution is 2.42. The second-order valence-corrected chi connectivity index (χ2v) is 10.6. The third-order valence-electron chi connectivity index (χ3n) is 6.97. The number of rotatable bonds is 3. The van der Waals surface area contributed by atoms with Crippen LogP contribution < -0.4 is 4.90 Å². The number of hydrogen-bond donors (Lipinski definition) is 0. The molecule has 3 aliphatic rings. The minimum Gasteiger partial charge on any atom is -0.444 e. The number of hydrogen-bond acceptors (Lipinski definition) is 7. The Morgan fingerprint density at radius 1 is 1.09 bits per heavy atom. The quantitative estimate of drug-likeness (QED) is 0.505. The van der Waals surface area contributed by atoms with Crippen molar-refractivity contribution in [2.24, 2.45) is 11.3 Å². The van der Waals surface area contributed by atoms with Gasteiger partial charge in [0.2, 0.25) is 5.91 Å². The minimum absolute atomic E-state index is 0.0199. The highest BCUT2D eigenvalue weighted by molar-refractivity contribution is 5.80. The number of carbonyl (C=O) groups is 2. The van der Waals surface area contributed by atoms with Crippen LogP contribution in [0.3, 0.4) is 0 Å². The molecule has 0 saturated carbocycles. The molecule has 1 aromatic rings. The van der Waals surface area contributed by atoms with Crippen molar-refractivity contribution in [1.82, 2.24) is 14.8 Å². The van der Waals surface area contributed by atoms with Crippen LogP contribution >= 0.6 is 0 Å². The Bertz CT molecular complexity index is 889. The molecule has 2 amide bonds. The molecule has 180 valence electrons. The molecule has 3 fully saturated rings. The summed E-state index contributed by atoms with van der Waals surface area (Å²) in [6, 6.07) is 3.14. The number of piperidine rings is 2. The van der Waals surface area contributed by atoms with Crippen LogP contribution in [0.4, 0.5) is 16.3 Å². The lowest BCUT2D eigenvalue weighted by molar-refractivity contribution is -0.389. The monoisotopic (exact) mass is 459 g/mol. The fourth-order valence-electron chi connectivity index (χ4n) is 5.04. The smallest absolute Gasteiger partial charge is 0.410 e. The highest BCUT2D eigenvalue weighted by Gasteiger charge is 2.48. The molecule has 10 heteroatoms. The lowest BCUT2D eigenvalue weighted by Gasteiger charge is -2.54. The number of pyridine rings is 1. The van der Waals surface area contributed by atoms with E-state index in [1.807, 2.05) is 25.7 Å². The van der Waals surface area contributed by atoms with Crippen LogP contribution in [-0.2, 0) is 9.53 Å². The van der Waals surface area contributed by atoms with E-state index in [0.717, 1.165) is 57.5 Å². The zero-order chi connectivity index (χ0) is 23.8. The van der Waals surface area contributed by atoms with Crippen molar-refractivity contribution in [3.8, 4) is 0 Å². The number of ether oxygens (including phenoxy) is 1. The average molecular weight is 460 g/mol. The van der Waals surface area contributed by atoms with Gasteiger partial charge < -0.3 is 29.6 Å². The fraction of sp³-hybridized carbons (Fsp3) is 0.696. The Balaban J connectivity index is 1.21. The van der Waals surface area contributed by atoms with Gasteiger partial charge in [0.1, 0.15) is 5.60 Å². The van der Waals surface area contributed by atoms with Crippen LogP contribution in [0.15, 0.2) is 18.3 Å². The standard InChI is InChI=1S/C23H33N5O5/c1-22(2,3)33-21(30)26-12-8-23(9-13-26)15-27(16-23)20(29)17-6-10-25(11-7-17)18-4-5-19(24-14-18)28(31)32/h4-5,14,17H,6-13,15-16H2,1-3H3. The van der Waals surface area contributed by atoms with Crippen molar-refractivity contribution in [2.75, 3.05) is 44.2 Å². The molecule has 3 aliphatic heterocycles. The van der Waals surface area contributed by atoms with Crippen LogP contribution in [0.25, 0.3) is 0 Å². The van der Waals surface area contributed by atoms with Gasteiger partial charge in [-0.25, -0.2) is 4.79 Å². The summed E-state index contributed by atoms with van der Waals surface area (Å²) in [5.41, 5.74) is 0.501. The Morgan fingerprint density at radius 3 is 2.24 bits per heavy atom. The molecule has 4 heterocycles. The first-order chi connectivity index (χ1) is 15.6. The normalized spacial score (nSPS) is 21.0. The van der Waals surface area contributed by atoms with Gasteiger partial charge in [0, 0.05) is 56.7 Å². The molecule has 0 radical (unpaired) electrons.